The molecule has 0 radical (unpaired) electrons. The van der Waals surface area contributed by atoms with Crippen molar-refractivity contribution in [1.29, 1.82) is 0 Å². The van der Waals surface area contributed by atoms with Crippen LogP contribution in [-0.4, -0.2) is 18.2 Å². The van der Waals surface area contributed by atoms with Gasteiger partial charge in [-0.1, -0.05) is 20.8 Å². The van der Waals surface area contributed by atoms with Crippen molar-refractivity contribution in [2.45, 2.75) is 39.2 Å². The lowest BCUT2D eigenvalue weighted by atomic mass is 9.87. The summed E-state index contributed by atoms with van der Waals surface area (Å²) in [5.74, 6) is 0.522. The monoisotopic (exact) mass is 183 g/mol. The Morgan fingerprint density at radius 3 is 2.62 bits per heavy atom. The number of alkyl carbamates (subject to hydrolysis) is 1. The molecule has 1 N–H and O–H groups in total. The quantitative estimate of drug-likeness (QED) is 0.623. The topological polar surface area (TPSA) is 38.3 Å². The average Bonchev–Trinajstić information content (AvgIpc) is 2.39. The lowest BCUT2D eigenvalue weighted by molar-refractivity contribution is 0.166. The molecule has 74 valence electrons. The lowest BCUT2D eigenvalue weighted by Gasteiger charge is -2.26. The third-order valence-corrected chi connectivity index (χ3v) is 3.41. The van der Waals surface area contributed by atoms with Crippen molar-refractivity contribution in [3.8, 4) is 0 Å². The van der Waals surface area contributed by atoms with Crippen molar-refractivity contribution in [3.63, 3.8) is 0 Å². The van der Waals surface area contributed by atoms with Crippen LogP contribution in [0.15, 0.2) is 0 Å². The Morgan fingerprint density at radius 2 is 2.23 bits per heavy atom. The van der Waals surface area contributed by atoms with Gasteiger partial charge in [-0.2, -0.15) is 0 Å². The molecule has 1 spiro atoms. The first-order valence-corrected chi connectivity index (χ1v) is 4.89. The van der Waals surface area contributed by atoms with E-state index >= 15 is 0 Å². The highest BCUT2D eigenvalue weighted by Gasteiger charge is 2.53. The molecule has 2 unspecified atom stereocenters. The fraction of sp³-hybridized carbons (Fsp3) is 0.900. The van der Waals surface area contributed by atoms with E-state index in [1.165, 1.54) is 0 Å². The molecule has 1 amide bonds. The number of amides is 1. The summed E-state index contributed by atoms with van der Waals surface area (Å²) < 4.78 is 5.00. The molecule has 1 heterocycles. The minimum Gasteiger partial charge on any atom is -0.447 e. The summed E-state index contributed by atoms with van der Waals surface area (Å²) in [4.78, 5) is 11.0. The smallest absolute Gasteiger partial charge is 0.407 e. The van der Waals surface area contributed by atoms with Crippen molar-refractivity contribution in [2.75, 3.05) is 6.61 Å². The predicted octanol–water partition coefficient (Wildman–Crippen LogP) is 1.92. The Kier molecular flexibility index (Phi) is 1.63. The number of carbonyl (C=O) groups excluding carboxylic acids is 1. The van der Waals surface area contributed by atoms with Gasteiger partial charge in [0.05, 0.1) is 5.54 Å². The highest BCUT2D eigenvalue weighted by molar-refractivity contribution is 5.71. The molecule has 0 bridgehead atoms. The molecule has 2 rings (SSSR count). The maximum atomic E-state index is 11.0. The molecule has 3 nitrogen and oxygen atoms in total. The highest BCUT2D eigenvalue weighted by Crippen LogP contribution is 2.48. The largest absolute Gasteiger partial charge is 0.447 e. The Hall–Kier alpha value is -0.730. The molecule has 1 saturated heterocycles. The second-order valence-corrected chi connectivity index (χ2v) is 5.30. The average molecular weight is 183 g/mol. The van der Waals surface area contributed by atoms with E-state index in [0.29, 0.717) is 17.9 Å². The fourth-order valence-electron chi connectivity index (χ4n) is 2.96. The van der Waals surface area contributed by atoms with Gasteiger partial charge in [-0.15, -0.1) is 0 Å². The molecule has 1 saturated carbocycles. The van der Waals surface area contributed by atoms with E-state index in [0.717, 1.165) is 12.8 Å². The third-order valence-electron chi connectivity index (χ3n) is 3.41. The summed E-state index contributed by atoms with van der Waals surface area (Å²) in [6.45, 7) is 7.26. The van der Waals surface area contributed by atoms with Gasteiger partial charge in [0, 0.05) is 0 Å². The van der Waals surface area contributed by atoms with Crippen LogP contribution in [0.5, 0.6) is 0 Å². The summed E-state index contributed by atoms with van der Waals surface area (Å²) in [5, 5.41) is 2.97. The minimum absolute atomic E-state index is 0.0689. The summed E-state index contributed by atoms with van der Waals surface area (Å²) >= 11 is 0. The number of carbonyl (C=O) groups is 1. The first-order valence-electron chi connectivity index (χ1n) is 4.89. The van der Waals surface area contributed by atoms with Crippen LogP contribution in [0.3, 0.4) is 0 Å². The van der Waals surface area contributed by atoms with Crippen LogP contribution in [-0.2, 0) is 4.74 Å². The van der Waals surface area contributed by atoms with Gasteiger partial charge in [0.15, 0.2) is 0 Å². The maximum absolute atomic E-state index is 11.0. The molecular weight excluding hydrogens is 166 g/mol. The zero-order chi connectivity index (χ0) is 9.69. The molecule has 0 aromatic rings. The van der Waals surface area contributed by atoms with E-state index < -0.39 is 0 Å². The van der Waals surface area contributed by atoms with Crippen LogP contribution in [0.25, 0.3) is 0 Å². The van der Waals surface area contributed by atoms with Crippen LogP contribution >= 0.6 is 0 Å². The fourth-order valence-corrected chi connectivity index (χ4v) is 2.96. The number of ether oxygens (including phenoxy) is 1. The number of hydrogen-bond acceptors (Lipinski definition) is 2. The second-order valence-electron chi connectivity index (χ2n) is 5.30. The van der Waals surface area contributed by atoms with Gasteiger partial charge >= 0.3 is 6.09 Å². The SMILES string of the molecule is CC1CC(C)(C)CC12COC(=O)N2. The molecule has 0 aromatic carbocycles. The normalized spacial score (nSPS) is 42.1. The van der Waals surface area contributed by atoms with Crippen LogP contribution < -0.4 is 5.32 Å². The first-order chi connectivity index (χ1) is 5.94. The summed E-state index contributed by atoms with van der Waals surface area (Å²) in [6, 6.07) is 0. The van der Waals surface area contributed by atoms with Gasteiger partial charge in [0.2, 0.25) is 0 Å². The van der Waals surface area contributed by atoms with Gasteiger partial charge < -0.3 is 10.1 Å². The number of cyclic esters (lactones) is 1. The zero-order valence-electron chi connectivity index (χ0n) is 8.52. The molecule has 2 fully saturated rings. The number of rotatable bonds is 0. The Labute approximate surface area is 78.8 Å². The molecule has 2 atom stereocenters. The van der Waals surface area contributed by atoms with Gasteiger partial charge in [-0.05, 0) is 24.2 Å². The second kappa shape index (κ2) is 2.40. The molecule has 3 heteroatoms. The van der Waals surface area contributed by atoms with E-state index in [2.05, 4.69) is 26.1 Å². The van der Waals surface area contributed by atoms with E-state index in [9.17, 15) is 4.79 Å². The van der Waals surface area contributed by atoms with Crippen molar-refractivity contribution < 1.29 is 9.53 Å². The molecule has 1 aliphatic carbocycles. The van der Waals surface area contributed by atoms with Crippen LogP contribution in [0.1, 0.15) is 33.6 Å². The van der Waals surface area contributed by atoms with Gasteiger partial charge in [-0.25, -0.2) is 4.79 Å². The van der Waals surface area contributed by atoms with E-state index in [4.69, 9.17) is 4.74 Å². The maximum Gasteiger partial charge on any atom is 0.407 e. The van der Waals surface area contributed by atoms with Crippen LogP contribution in [0.4, 0.5) is 4.79 Å². The van der Waals surface area contributed by atoms with Crippen LogP contribution in [0, 0.1) is 11.3 Å². The summed E-state index contributed by atoms with van der Waals surface area (Å²) in [7, 11) is 0. The minimum atomic E-state index is -0.246. The molecule has 2 aliphatic rings. The van der Waals surface area contributed by atoms with E-state index in [1.54, 1.807) is 0 Å². The first kappa shape index (κ1) is 8.85. The summed E-state index contributed by atoms with van der Waals surface area (Å²) in [6.07, 6.45) is 1.95. The molecule has 13 heavy (non-hydrogen) atoms. The van der Waals surface area contributed by atoms with Gasteiger partial charge in [-0.3, -0.25) is 0 Å². The Bertz CT molecular complexity index is 249. The van der Waals surface area contributed by atoms with Crippen molar-refractivity contribution >= 4 is 6.09 Å². The zero-order valence-corrected chi connectivity index (χ0v) is 8.52. The lowest BCUT2D eigenvalue weighted by Crippen LogP contribution is -2.46. The number of hydrogen-bond donors (Lipinski definition) is 1. The predicted molar refractivity (Wildman–Crippen MR) is 49.4 cm³/mol. The Morgan fingerprint density at radius 1 is 1.54 bits per heavy atom. The van der Waals surface area contributed by atoms with Crippen molar-refractivity contribution in [2.24, 2.45) is 11.3 Å². The highest BCUT2D eigenvalue weighted by atomic mass is 16.6. The third kappa shape index (κ3) is 1.30. The van der Waals surface area contributed by atoms with Gasteiger partial charge in [0.1, 0.15) is 6.61 Å². The van der Waals surface area contributed by atoms with E-state index in [1.807, 2.05) is 0 Å². The number of nitrogens with one attached hydrogen (secondary N) is 1. The van der Waals surface area contributed by atoms with Crippen molar-refractivity contribution in [3.05, 3.63) is 0 Å². The van der Waals surface area contributed by atoms with Gasteiger partial charge in [0.25, 0.3) is 0 Å². The Balaban J connectivity index is 2.20. The van der Waals surface area contributed by atoms with E-state index in [-0.39, 0.29) is 11.6 Å². The standard InChI is InChI=1S/C10H17NO2/c1-7-4-9(2,3)5-10(7)6-13-8(12)11-10/h7H,4-6H2,1-3H3,(H,11,12). The molecular formula is C10H17NO2. The van der Waals surface area contributed by atoms with Crippen molar-refractivity contribution in [1.82, 2.24) is 5.32 Å². The van der Waals surface area contributed by atoms with Crippen LogP contribution in [0.2, 0.25) is 0 Å². The molecule has 0 aromatic heterocycles. The summed E-state index contributed by atoms with van der Waals surface area (Å²) in [5.41, 5.74) is 0.265. The molecule has 1 aliphatic heterocycles.